The molecule has 0 saturated carbocycles. The Kier molecular flexibility index (Phi) is 4.44. The van der Waals surface area contributed by atoms with Crippen molar-refractivity contribution in [3.63, 3.8) is 0 Å². The highest BCUT2D eigenvalue weighted by Crippen LogP contribution is 2.23. The van der Waals surface area contributed by atoms with Gasteiger partial charge in [0.05, 0.1) is 24.4 Å². The molecule has 2 aromatic rings. The van der Waals surface area contributed by atoms with Crippen LogP contribution >= 0.6 is 0 Å². The van der Waals surface area contributed by atoms with Crippen molar-refractivity contribution in [3.05, 3.63) is 53.2 Å². The van der Waals surface area contributed by atoms with E-state index in [9.17, 15) is 0 Å². The Morgan fingerprint density at radius 2 is 1.86 bits per heavy atom. The van der Waals surface area contributed by atoms with Crippen molar-refractivity contribution < 1.29 is 4.42 Å². The third-order valence-electron chi connectivity index (χ3n) is 3.23. The van der Waals surface area contributed by atoms with Gasteiger partial charge in [0.25, 0.3) is 0 Å². The van der Waals surface area contributed by atoms with Gasteiger partial charge >= 0.3 is 0 Å². The average Bonchev–Trinajstić information content (AvgIpc) is 2.88. The van der Waals surface area contributed by atoms with Gasteiger partial charge in [0, 0.05) is 12.0 Å². The van der Waals surface area contributed by atoms with E-state index in [1.165, 1.54) is 5.56 Å². The highest BCUT2D eigenvalue weighted by Gasteiger charge is 2.19. The number of nitriles is 1. The maximum atomic E-state index is 8.79. The van der Waals surface area contributed by atoms with E-state index in [2.05, 4.69) is 36.7 Å². The fraction of sp³-hybridized carbons (Fsp3) is 0.412. The molecule has 0 amide bonds. The van der Waals surface area contributed by atoms with Crippen molar-refractivity contribution >= 4 is 0 Å². The molecule has 0 unspecified atom stereocenters. The van der Waals surface area contributed by atoms with Gasteiger partial charge in [-0.2, -0.15) is 5.26 Å². The van der Waals surface area contributed by atoms with Crippen LogP contribution in [0.2, 0.25) is 0 Å². The van der Waals surface area contributed by atoms with Gasteiger partial charge in [-0.25, -0.2) is 4.98 Å². The van der Waals surface area contributed by atoms with Crippen molar-refractivity contribution in [2.24, 2.45) is 0 Å². The molecule has 1 heterocycles. The Balaban J connectivity index is 1.96. The number of nitrogens with zero attached hydrogens (tertiary/aromatic N) is 3. The van der Waals surface area contributed by atoms with Crippen LogP contribution in [0.3, 0.4) is 0 Å². The van der Waals surface area contributed by atoms with Crippen LogP contribution in [-0.2, 0) is 18.5 Å². The molecule has 0 aliphatic carbocycles. The zero-order chi connectivity index (χ0) is 15.5. The second kappa shape index (κ2) is 6.11. The molecule has 1 aromatic carbocycles. The van der Waals surface area contributed by atoms with E-state index in [0.717, 1.165) is 18.2 Å². The van der Waals surface area contributed by atoms with Gasteiger partial charge in [0.2, 0.25) is 5.89 Å². The topological polar surface area (TPSA) is 53.1 Å². The number of benzene rings is 1. The summed E-state index contributed by atoms with van der Waals surface area (Å²) in [6.45, 7) is 7.78. The summed E-state index contributed by atoms with van der Waals surface area (Å²) in [5, 5.41) is 8.79. The quantitative estimate of drug-likeness (QED) is 0.862. The highest BCUT2D eigenvalue weighted by molar-refractivity contribution is 5.31. The van der Waals surface area contributed by atoms with Crippen molar-refractivity contribution in [3.8, 4) is 6.07 Å². The third-order valence-corrected chi connectivity index (χ3v) is 3.23. The van der Waals surface area contributed by atoms with Crippen molar-refractivity contribution in [2.45, 2.75) is 39.3 Å². The number of hydrogen-bond donors (Lipinski definition) is 0. The van der Waals surface area contributed by atoms with Gasteiger partial charge in [-0.05, 0) is 24.7 Å². The molecule has 0 spiro atoms. The lowest BCUT2D eigenvalue weighted by molar-refractivity contribution is 0.269. The van der Waals surface area contributed by atoms with Crippen LogP contribution in [0.1, 0.15) is 43.5 Å². The van der Waals surface area contributed by atoms with Crippen molar-refractivity contribution in [1.29, 1.82) is 5.26 Å². The lowest BCUT2D eigenvalue weighted by Crippen LogP contribution is -2.17. The minimum absolute atomic E-state index is 0.0169. The summed E-state index contributed by atoms with van der Waals surface area (Å²) in [5.74, 6) is 1.64. The summed E-state index contributed by atoms with van der Waals surface area (Å²) in [4.78, 5) is 6.48. The van der Waals surface area contributed by atoms with Gasteiger partial charge in [-0.3, -0.25) is 4.90 Å². The normalized spacial score (nSPS) is 11.6. The highest BCUT2D eigenvalue weighted by atomic mass is 16.4. The van der Waals surface area contributed by atoms with Crippen LogP contribution in [0, 0.1) is 11.3 Å². The summed E-state index contributed by atoms with van der Waals surface area (Å²) in [6, 6.07) is 9.76. The first-order chi connectivity index (χ1) is 9.88. The first-order valence-electron chi connectivity index (χ1n) is 7.01. The fourth-order valence-electron chi connectivity index (χ4n) is 2.01. The van der Waals surface area contributed by atoms with Gasteiger partial charge in [-0.15, -0.1) is 0 Å². The summed E-state index contributed by atoms with van der Waals surface area (Å²) >= 11 is 0. The summed E-state index contributed by atoms with van der Waals surface area (Å²) in [6.07, 6.45) is 1.81. The molecule has 4 heteroatoms. The number of hydrogen-bond acceptors (Lipinski definition) is 4. The van der Waals surface area contributed by atoms with Crippen LogP contribution in [-0.4, -0.2) is 16.9 Å². The first kappa shape index (κ1) is 15.3. The monoisotopic (exact) mass is 283 g/mol. The Labute approximate surface area is 126 Å². The predicted molar refractivity (Wildman–Crippen MR) is 81.5 cm³/mol. The summed E-state index contributed by atoms with van der Waals surface area (Å²) in [7, 11) is 2.03. The van der Waals surface area contributed by atoms with Crippen LogP contribution in [0.25, 0.3) is 0 Å². The van der Waals surface area contributed by atoms with E-state index >= 15 is 0 Å². The first-order valence-corrected chi connectivity index (χ1v) is 7.01. The maximum Gasteiger partial charge on any atom is 0.208 e. The molecule has 0 aliphatic rings. The smallest absolute Gasteiger partial charge is 0.208 e. The summed E-state index contributed by atoms with van der Waals surface area (Å²) < 4.78 is 5.80. The van der Waals surface area contributed by atoms with E-state index < -0.39 is 0 Å². The molecular formula is C17H21N3O. The van der Waals surface area contributed by atoms with Gasteiger partial charge in [0.15, 0.2) is 0 Å². The zero-order valence-corrected chi connectivity index (χ0v) is 13.1. The standard InChI is InChI=1S/C17H21N3O/c1-17(2,3)15-10-19-16(21-15)12-20(4)11-14-7-5-13(9-18)6-8-14/h5-8,10H,11-12H2,1-4H3. The molecule has 0 N–H and O–H groups in total. The van der Waals surface area contributed by atoms with Crippen LogP contribution in [0.5, 0.6) is 0 Å². The van der Waals surface area contributed by atoms with Crippen LogP contribution < -0.4 is 0 Å². The van der Waals surface area contributed by atoms with Crippen molar-refractivity contribution in [2.75, 3.05) is 7.05 Å². The van der Waals surface area contributed by atoms with Gasteiger partial charge in [-0.1, -0.05) is 32.9 Å². The van der Waals surface area contributed by atoms with E-state index in [1.54, 1.807) is 0 Å². The maximum absolute atomic E-state index is 8.79. The molecule has 2 rings (SSSR count). The molecule has 0 bridgehead atoms. The molecule has 0 radical (unpaired) electrons. The second-order valence-corrected chi connectivity index (χ2v) is 6.35. The number of oxazole rings is 1. The van der Waals surface area contributed by atoms with Crippen LogP contribution in [0.4, 0.5) is 0 Å². The Hall–Kier alpha value is -2.12. The molecule has 0 saturated heterocycles. The fourth-order valence-corrected chi connectivity index (χ4v) is 2.01. The average molecular weight is 283 g/mol. The lowest BCUT2D eigenvalue weighted by Gasteiger charge is -2.16. The zero-order valence-electron chi connectivity index (χ0n) is 13.1. The van der Waals surface area contributed by atoms with Crippen LogP contribution in [0.15, 0.2) is 34.9 Å². The Bertz CT molecular complexity index is 629. The minimum Gasteiger partial charge on any atom is -0.444 e. The largest absolute Gasteiger partial charge is 0.444 e. The van der Waals surface area contributed by atoms with Gasteiger partial charge < -0.3 is 4.42 Å². The Morgan fingerprint density at radius 3 is 2.38 bits per heavy atom. The molecule has 0 aliphatic heterocycles. The van der Waals surface area contributed by atoms with Crippen molar-refractivity contribution in [1.82, 2.24) is 9.88 Å². The third kappa shape index (κ3) is 4.17. The van der Waals surface area contributed by atoms with Gasteiger partial charge in [0.1, 0.15) is 5.76 Å². The minimum atomic E-state index is -0.0169. The van der Waals surface area contributed by atoms with E-state index in [-0.39, 0.29) is 5.41 Å². The molecule has 0 atom stereocenters. The molecule has 4 nitrogen and oxygen atoms in total. The number of rotatable bonds is 4. The molecule has 1 aromatic heterocycles. The molecule has 0 fully saturated rings. The SMILES string of the molecule is CN(Cc1ccc(C#N)cc1)Cc1ncc(C(C)(C)C)o1. The summed E-state index contributed by atoms with van der Waals surface area (Å²) in [5.41, 5.74) is 1.83. The Morgan fingerprint density at radius 1 is 1.19 bits per heavy atom. The lowest BCUT2D eigenvalue weighted by atomic mass is 9.94. The second-order valence-electron chi connectivity index (χ2n) is 6.35. The van der Waals surface area contributed by atoms with E-state index in [1.807, 2.05) is 37.5 Å². The molecule has 21 heavy (non-hydrogen) atoms. The molecular weight excluding hydrogens is 262 g/mol. The predicted octanol–water partition coefficient (Wildman–Crippen LogP) is 3.48. The number of aromatic nitrogens is 1. The van der Waals surface area contributed by atoms with E-state index in [4.69, 9.17) is 9.68 Å². The molecule has 110 valence electrons. The van der Waals surface area contributed by atoms with E-state index in [0.29, 0.717) is 12.1 Å².